The van der Waals surface area contributed by atoms with Gasteiger partial charge < -0.3 is 9.30 Å². The standard InChI is InChI=1S/C17H20N6O2S2/c1-4-23-14(10-25-13-8-6-5-7-9-13)20-22-17(23)26-11(2)15(24)18-16-21-19-12(3)27-16/h5-9,11H,4,10H2,1-3H3,(H,18,21,24)/t11-/m0/s1. The Kier molecular flexibility index (Phi) is 6.40. The van der Waals surface area contributed by atoms with Crippen LogP contribution in [0.4, 0.5) is 5.13 Å². The van der Waals surface area contributed by atoms with E-state index >= 15 is 0 Å². The summed E-state index contributed by atoms with van der Waals surface area (Å²) in [4.78, 5) is 12.4. The fourth-order valence-electron chi connectivity index (χ4n) is 2.26. The lowest BCUT2D eigenvalue weighted by Crippen LogP contribution is -2.23. The molecule has 0 saturated heterocycles. The number of carbonyl (C=O) groups excluding carboxylic acids is 1. The molecule has 8 nitrogen and oxygen atoms in total. The van der Waals surface area contributed by atoms with E-state index < -0.39 is 0 Å². The van der Waals surface area contributed by atoms with E-state index in [4.69, 9.17) is 4.74 Å². The van der Waals surface area contributed by atoms with Crippen LogP contribution in [0.5, 0.6) is 5.75 Å². The van der Waals surface area contributed by atoms with E-state index in [1.54, 1.807) is 0 Å². The Morgan fingerprint density at radius 2 is 2.04 bits per heavy atom. The highest BCUT2D eigenvalue weighted by Gasteiger charge is 2.21. The molecule has 3 rings (SSSR count). The first kappa shape index (κ1) is 19.3. The van der Waals surface area contributed by atoms with Gasteiger partial charge in [-0.2, -0.15) is 0 Å². The zero-order valence-corrected chi connectivity index (χ0v) is 16.9. The van der Waals surface area contributed by atoms with Crippen molar-refractivity contribution in [2.45, 2.75) is 44.3 Å². The van der Waals surface area contributed by atoms with E-state index in [1.807, 2.05) is 55.7 Å². The van der Waals surface area contributed by atoms with Crippen LogP contribution >= 0.6 is 23.1 Å². The van der Waals surface area contributed by atoms with Crippen molar-refractivity contribution in [3.8, 4) is 5.75 Å². The number of para-hydroxylation sites is 1. The number of nitrogens with zero attached hydrogens (tertiary/aromatic N) is 5. The van der Waals surface area contributed by atoms with Crippen LogP contribution in [0, 0.1) is 6.92 Å². The lowest BCUT2D eigenvalue weighted by molar-refractivity contribution is -0.115. The number of nitrogens with one attached hydrogen (secondary N) is 1. The fraction of sp³-hybridized carbons (Fsp3) is 0.353. The normalized spacial score (nSPS) is 12.0. The summed E-state index contributed by atoms with van der Waals surface area (Å²) in [6, 6.07) is 9.56. The number of thioether (sulfide) groups is 1. The number of ether oxygens (including phenoxy) is 1. The van der Waals surface area contributed by atoms with Crippen LogP contribution in [0.2, 0.25) is 0 Å². The van der Waals surface area contributed by atoms with Crippen molar-refractivity contribution in [3.63, 3.8) is 0 Å². The van der Waals surface area contributed by atoms with E-state index in [2.05, 4.69) is 25.7 Å². The molecule has 1 N–H and O–H groups in total. The molecule has 2 heterocycles. The predicted molar refractivity (Wildman–Crippen MR) is 105 cm³/mol. The molecular formula is C17H20N6O2S2. The molecule has 0 bridgehead atoms. The molecule has 3 aromatic rings. The topological polar surface area (TPSA) is 94.8 Å². The van der Waals surface area contributed by atoms with Crippen LogP contribution in [0.1, 0.15) is 24.7 Å². The average Bonchev–Trinajstić information content (AvgIpc) is 3.26. The highest BCUT2D eigenvalue weighted by Crippen LogP contribution is 2.24. The lowest BCUT2D eigenvalue weighted by Gasteiger charge is -2.12. The third-order valence-electron chi connectivity index (χ3n) is 3.63. The Bertz CT molecular complexity index is 896. The van der Waals surface area contributed by atoms with Crippen LogP contribution in [-0.2, 0) is 17.9 Å². The molecule has 142 valence electrons. The van der Waals surface area contributed by atoms with Gasteiger partial charge in [0.15, 0.2) is 11.0 Å². The maximum Gasteiger partial charge on any atom is 0.239 e. The molecule has 0 spiro atoms. The van der Waals surface area contributed by atoms with E-state index in [1.165, 1.54) is 23.1 Å². The summed E-state index contributed by atoms with van der Waals surface area (Å²) in [5.74, 6) is 1.34. The minimum Gasteiger partial charge on any atom is -0.486 e. The Balaban J connectivity index is 1.62. The summed E-state index contributed by atoms with van der Waals surface area (Å²) >= 11 is 2.69. The Morgan fingerprint density at radius 1 is 1.26 bits per heavy atom. The number of benzene rings is 1. The summed E-state index contributed by atoms with van der Waals surface area (Å²) in [7, 11) is 0. The molecule has 0 unspecified atom stereocenters. The fourth-order valence-corrected chi connectivity index (χ4v) is 3.79. The third-order valence-corrected chi connectivity index (χ3v) is 5.46. The smallest absolute Gasteiger partial charge is 0.239 e. The van der Waals surface area contributed by atoms with Crippen LogP contribution < -0.4 is 10.1 Å². The molecule has 1 atom stereocenters. The van der Waals surface area contributed by atoms with Gasteiger partial charge in [-0.1, -0.05) is 41.3 Å². The second-order valence-corrected chi connectivity index (χ2v) is 8.11. The Morgan fingerprint density at radius 3 is 2.70 bits per heavy atom. The van der Waals surface area contributed by atoms with Crippen LogP contribution in [0.3, 0.4) is 0 Å². The van der Waals surface area contributed by atoms with Gasteiger partial charge in [-0.3, -0.25) is 10.1 Å². The van der Waals surface area contributed by atoms with Gasteiger partial charge in [0.1, 0.15) is 17.4 Å². The van der Waals surface area contributed by atoms with Gasteiger partial charge >= 0.3 is 0 Å². The van der Waals surface area contributed by atoms with Crippen molar-refractivity contribution in [2.75, 3.05) is 5.32 Å². The molecule has 0 aliphatic rings. The van der Waals surface area contributed by atoms with E-state index in [0.717, 1.165) is 16.6 Å². The molecule has 2 aromatic heterocycles. The predicted octanol–water partition coefficient (Wildman–Crippen LogP) is 3.16. The number of rotatable bonds is 8. The SMILES string of the molecule is CCn1c(COc2ccccc2)nnc1S[C@@H](C)C(=O)Nc1nnc(C)s1. The van der Waals surface area contributed by atoms with Crippen LogP contribution in [0.15, 0.2) is 35.5 Å². The van der Waals surface area contributed by atoms with Crippen molar-refractivity contribution in [3.05, 3.63) is 41.2 Å². The van der Waals surface area contributed by atoms with Crippen molar-refractivity contribution in [2.24, 2.45) is 0 Å². The van der Waals surface area contributed by atoms with Gasteiger partial charge in [0, 0.05) is 6.54 Å². The van der Waals surface area contributed by atoms with Crippen molar-refractivity contribution < 1.29 is 9.53 Å². The molecule has 0 aliphatic carbocycles. The van der Waals surface area contributed by atoms with Gasteiger partial charge in [0.2, 0.25) is 11.0 Å². The number of hydrogen-bond donors (Lipinski definition) is 1. The molecule has 1 aromatic carbocycles. The highest BCUT2D eigenvalue weighted by atomic mass is 32.2. The first-order chi connectivity index (χ1) is 13.1. The molecule has 0 saturated carbocycles. The Labute approximate surface area is 165 Å². The Hall–Kier alpha value is -2.46. The number of amides is 1. The summed E-state index contributed by atoms with van der Waals surface area (Å²) in [6.45, 7) is 6.67. The molecule has 0 aliphatic heterocycles. The van der Waals surface area contributed by atoms with Crippen molar-refractivity contribution in [1.29, 1.82) is 0 Å². The molecule has 10 heteroatoms. The minimum absolute atomic E-state index is 0.149. The minimum atomic E-state index is -0.355. The number of hydrogen-bond acceptors (Lipinski definition) is 8. The average molecular weight is 405 g/mol. The molecule has 0 fully saturated rings. The van der Waals surface area contributed by atoms with Gasteiger partial charge in [-0.15, -0.1) is 20.4 Å². The second kappa shape index (κ2) is 8.96. The number of aromatic nitrogens is 5. The van der Waals surface area contributed by atoms with Crippen molar-refractivity contribution >= 4 is 34.1 Å². The van der Waals surface area contributed by atoms with Gasteiger partial charge in [-0.25, -0.2) is 0 Å². The van der Waals surface area contributed by atoms with E-state index in [0.29, 0.717) is 23.4 Å². The first-order valence-corrected chi connectivity index (χ1v) is 10.1. The molecular weight excluding hydrogens is 384 g/mol. The lowest BCUT2D eigenvalue weighted by atomic mass is 10.3. The second-order valence-electron chi connectivity index (χ2n) is 5.62. The maximum atomic E-state index is 12.4. The van der Waals surface area contributed by atoms with Crippen molar-refractivity contribution in [1.82, 2.24) is 25.0 Å². The summed E-state index contributed by atoms with van der Waals surface area (Å²) in [5.41, 5.74) is 0. The highest BCUT2D eigenvalue weighted by molar-refractivity contribution is 8.00. The third kappa shape index (κ3) is 5.04. The monoisotopic (exact) mass is 404 g/mol. The van der Waals surface area contributed by atoms with E-state index in [9.17, 15) is 4.79 Å². The number of anilines is 1. The summed E-state index contributed by atoms with van der Waals surface area (Å²) in [6.07, 6.45) is 0. The summed E-state index contributed by atoms with van der Waals surface area (Å²) in [5, 5.41) is 20.7. The zero-order chi connectivity index (χ0) is 19.2. The quantitative estimate of drug-likeness (QED) is 0.576. The maximum absolute atomic E-state index is 12.4. The number of aryl methyl sites for hydroxylation is 1. The zero-order valence-electron chi connectivity index (χ0n) is 15.2. The largest absolute Gasteiger partial charge is 0.486 e. The van der Waals surface area contributed by atoms with Crippen LogP contribution in [0.25, 0.3) is 0 Å². The molecule has 1 amide bonds. The van der Waals surface area contributed by atoms with Gasteiger partial charge in [0.25, 0.3) is 0 Å². The number of carbonyl (C=O) groups is 1. The van der Waals surface area contributed by atoms with Gasteiger partial charge in [0.05, 0.1) is 5.25 Å². The molecule has 0 radical (unpaired) electrons. The van der Waals surface area contributed by atoms with E-state index in [-0.39, 0.29) is 11.2 Å². The first-order valence-electron chi connectivity index (χ1n) is 8.44. The molecule has 27 heavy (non-hydrogen) atoms. The van der Waals surface area contributed by atoms with Gasteiger partial charge in [-0.05, 0) is 32.9 Å². The summed E-state index contributed by atoms with van der Waals surface area (Å²) < 4.78 is 7.71. The van der Waals surface area contributed by atoms with Crippen LogP contribution in [-0.4, -0.2) is 36.1 Å².